The Bertz CT molecular complexity index is 1320. The van der Waals surface area contributed by atoms with E-state index in [0.717, 1.165) is 28.0 Å². The smallest absolute Gasteiger partial charge is 0.255 e. The first kappa shape index (κ1) is 27.6. The first-order valence-corrected chi connectivity index (χ1v) is 13.6. The molecule has 1 aliphatic rings. The van der Waals surface area contributed by atoms with Crippen LogP contribution in [0, 0.1) is 0 Å². The van der Waals surface area contributed by atoms with Crippen LogP contribution in [0.25, 0.3) is 0 Å². The summed E-state index contributed by atoms with van der Waals surface area (Å²) in [6.45, 7) is 1.87. The van der Waals surface area contributed by atoms with Gasteiger partial charge in [0, 0.05) is 6.54 Å². The fourth-order valence-corrected chi connectivity index (χ4v) is 4.92. The Kier molecular flexibility index (Phi) is 9.59. The summed E-state index contributed by atoms with van der Waals surface area (Å²) < 4.78 is 24.3. The van der Waals surface area contributed by atoms with Crippen molar-refractivity contribution >= 4 is 5.91 Å². The Hall–Kier alpha value is -3.97. The molecule has 0 bridgehead atoms. The van der Waals surface area contributed by atoms with Gasteiger partial charge < -0.3 is 23.8 Å². The molecule has 0 spiro atoms. The largest absolute Gasteiger partial charge is 0.497 e. The lowest BCUT2D eigenvalue weighted by atomic mass is 10.1. The maximum atomic E-state index is 14.0. The molecule has 6 nitrogen and oxygen atoms in total. The van der Waals surface area contributed by atoms with Crippen molar-refractivity contribution in [2.45, 2.75) is 44.6 Å². The Balaban J connectivity index is 1.39. The molecule has 1 heterocycles. The maximum Gasteiger partial charge on any atom is 0.255 e. The van der Waals surface area contributed by atoms with Gasteiger partial charge in [-0.1, -0.05) is 103 Å². The van der Waals surface area contributed by atoms with Gasteiger partial charge in [-0.2, -0.15) is 0 Å². The first-order chi connectivity index (χ1) is 19.7. The predicted octanol–water partition coefficient (Wildman–Crippen LogP) is 5.79. The highest BCUT2D eigenvalue weighted by Crippen LogP contribution is 2.30. The molecule has 0 aliphatic carbocycles. The average Bonchev–Trinajstić information content (AvgIpc) is 3.26. The number of likely N-dealkylation sites (tertiary alicyclic amines) is 1. The third kappa shape index (κ3) is 7.16. The SMILES string of the molecule is COc1ccc(CN2C(=O)[C@H](OCc3ccccc3)[C@@H](OCc3ccccc3)[C@@H]2COCc2ccccc2)cc1. The van der Waals surface area contributed by atoms with E-state index in [1.165, 1.54) is 0 Å². The lowest BCUT2D eigenvalue weighted by Gasteiger charge is -2.28. The zero-order chi connectivity index (χ0) is 27.6. The highest BCUT2D eigenvalue weighted by atomic mass is 16.6. The minimum absolute atomic E-state index is 0.0990. The fourth-order valence-electron chi connectivity index (χ4n) is 4.92. The van der Waals surface area contributed by atoms with Gasteiger partial charge in [0.15, 0.2) is 6.10 Å². The summed E-state index contributed by atoms with van der Waals surface area (Å²) >= 11 is 0. The highest BCUT2D eigenvalue weighted by molar-refractivity contribution is 5.85. The van der Waals surface area contributed by atoms with E-state index in [-0.39, 0.29) is 11.9 Å². The molecule has 1 aliphatic heterocycles. The third-order valence-corrected chi connectivity index (χ3v) is 7.07. The molecular weight excluding hydrogens is 502 g/mol. The van der Waals surface area contributed by atoms with E-state index < -0.39 is 12.2 Å². The Morgan fingerprint density at radius 3 is 1.70 bits per heavy atom. The lowest BCUT2D eigenvalue weighted by Crippen LogP contribution is -2.41. The lowest BCUT2D eigenvalue weighted by molar-refractivity contribution is -0.142. The molecule has 0 saturated carbocycles. The van der Waals surface area contributed by atoms with E-state index in [9.17, 15) is 4.79 Å². The molecule has 4 aromatic rings. The van der Waals surface area contributed by atoms with Crippen molar-refractivity contribution in [3.63, 3.8) is 0 Å². The molecule has 1 amide bonds. The number of hydrogen-bond acceptors (Lipinski definition) is 5. The molecule has 0 N–H and O–H groups in total. The number of carbonyl (C=O) groups excluding carboxylic acids is 1. The van der Waals surface area contributed by atoms with Crippen LogP contribution in [-0.4, -0.2) is 42.8 Å². The normalized spacial score (nSPS) is 18.7. The van der Waals surface area contributed by atoms with Gasteiger partial charge in [-0.25, -0.2) is 0 Å². The standard InChI is InChI=1S/C34H35NO5/c1-37-30-19-17-26(18-20-30)21-35-31(25-38-22-27-11-5-2-6-12-27)32(39-23-28-13-7-3-8-14-28)33(34(35)36)40-24-29-15-9-4-10-16-29/h2-20,31-33H,21-25H2,1H3/t31-,32-,33+/m0/s1. The summed E-state index contributed by atoms with van der Waals surface area (Å²) in [5.74, 6) is 0.672. The molecule has 0 unspecified atom stereocenters. The van der Waals surface area contributed by atoms with Gasteiger partial charge in [0.2, 0.25) is 0 Å². The molecule has 40 heavy (non-hydrogen) atoms. The third-order valence-electron chi connectivity index (χ3n) is 7.07. The van der Waals surface area contributed by atoms with Crippen molar-refractivity contribution < 1.29 is 23.7 Å². The van der Waals surface area contributed by atoms with Gasteiger partial charge in [0.1, 0.15) is 11.9 Å². The minimum Gasteiger partial charge on any atom is -0.497 e. The molecule has 0 aromatic heterocycles. The van der Waals surface area contributed by atoms with E-state index >= 15 is 0 Å². The van der Waals surface area contributed by atoms with Crippen molar-refractivity contribution in [1.29, 1.82) is 0 Å². The van der Waals surface area contributed by atoms with Crippen LogP contribution in [0.5, 0.6) is 5.75 Å². The van der Waals surface area contributed by atoms with E-state index in [1.54, 1.807) is 7.11 Å². The van der Waals surface area contributed by atoms with E-state index in [4.69, 9.17) is 18.9 Å². The van der Waals surface area contributed by atoms with Gasteiger partial charge in [-0.05, 0) is 34.4 Å². The number of amides is 1. The second kappa shape index (κ2) is 13.9. The quantitative estimate of drug-likeness (QED) is 0.216. The summed E-state index contributed by atoms with van der Waals surface area (Å²) in [6.07, 6.45) is -1.27. The second-order valence-electron chi connectivity index (χ2n) is 9.86. The molecule has 3 atom stereocenters. The van der Waals surface area contributed by atoms with Crippen molar-refractivity contribution in [2.75, 3.05) is 13.7 Å². The zero-order valence-corrected chi connectivity index (χ0v) is 22.7. The average molecular weight is 538 g/mol. The van der Waals surface area contributed by atoms with Gasteiger partial charge in [-0.15, -0.1) is 0 Å². The van der Waals surface area contributed by atoms with Crippen LogP contribution >= 0.6 is 0 Å². The van der Waals surface area contributed by atoms with Crippen molar-refractivity contribution in [3.8, 4) is 5.75 Å². The molecule has 0 radical (unpaired) electrons. The number of methoxy groups -OCH3 is 1. The molecule has 6 heteroatoms. The van der Waals surface area contributed by atoms with Gasteiger partial charge >= 0.3 is 0 Å². The molecular formula is C34H35NO5. The van der Waals surface area contributed by atoms with Crippen LogP contribution in [-0.2, 0) is 45.4 Å². The summed E-state index contributed by atoms with van der Waals surface area (Å²) in [4.78, 5) is 15.8. The number of carbonyl (C=O) groups is 1. The summed E-state index contributed by atoms with van der Waals surface area (Å²) in [5.41, 5.74) is 4.11. The molecule has 4 aromatic carbocycles. The molecule has 1 saturated heterocycles. The second-order valence-corrected chi connectivity index (χ2v) is 9.86. The fraction of sp³-hybridized carbons (Fsp3) is 0.265. The summed E-state index contributed by atoms with van der Waals surface area (Å²) in [7, 11) is 1.64. The number of benzene rings is 4. The van der Waals surface area contributed by atoms with Crippen molar-refractivity contribution in [2.24, 2.45) is 0 Å². The highest BCUT2D eigenvalue weighted by Gasteiger charge is 2.49. The number of rotatable bonds is 13. The molecule has 5 rings (SSSR count). The topological polar surface area (TPSA) is 57.2 Å². The Labute approximate surface area is 236 Å². The number of ether oxygens (including phenoxy) is 4. The molecule has 206 valence electrons. The van der Waals surface area contributed by atoms with E-state index in [1.807, 2.05) is 120 Å². The first-order valence-electron chi connectivity index (χ1n) is 13.6. The predicted molar refractivity (Wildman–Crippen MR) is 153 cm³/mol. The number of hydrogen-bond donors (Lipinski definition) is 0. The van der Waals surface area contributed by atoms with Crippen molar-refractivity contribution in [1.82, 2.24) is 4.90 Å². The van der Waals surface area contributed by atoms with Gasteiger partial charge in [-0.3, -0.25) is 4.79 Å². The van der Waals surface area contributed by atoms with E-state index in [0.29, 0.717) is 33.0 Å². The Morgan fingerprint density at radius 2 is 1.15 bits per heavy atom. The Morgan fingerprint density at radius 1 is 0.625 bits per heavy atom. The maximum absolute atomic E-state index is 14.0. The molecule has 1 fully saturated rings. The summed E-state index contributed by atoms with van der Waals surface area (Å²) in [6, 6.07) is 37.3. The van der Waals surface area contributed by atoms with Crippen molar-refractivity contribution in [3.05, 3.63) is 138 Å². The van der Waals surface area contributed by atoms with Crippen LogP contribution < -0.4 is 4.74 Å². The van der Waals surface area contributed by atoms with Crippen LogP contribution in [0.3, 0.4) is 0 Å². The van der Waals surface area contributed by atoms with E-state index in [2.05, 4.69) is 0 Å². The number of nitrogens with zero attached hydrogens (tertiary/aromatic N) is 1. The van der Waals surface area contributed by atoms with Gasteiger partial charge in [0.05, 0.1) is 39.6 Å². The van der Waals surface area contributed by atoms with Crippen LogP contribution in [0.15, 0.2) is 115 Å². The zero-order valence-electron chi connectivity index (χ0n) is 22.7. The van der Waals surface area contributed by atoms with Gasteiger partial charge in [0.25, 0.3) is 5.91 Å². The monoisotopic (exact) mass is 537 g/mol. The minimum atomic E-state index is -0.757. The van der Waals surface area contributed by atoms with Crippen LogP contribution in [0.2, 0.25) is 0 Å². The summed E-state index contributed by atoms with van der Waals surface area (Å²) in [5, 5.41) is 0. The van der Waals surface area contributed by atoms with Crippen LogP contribution in [0.4, 0.5) is 0 Å². The van der Waals surface area contributed by atoms with Crippen LogP contribution in [0.1, 0.15) is 22.3 Å².